The smallest absolute Gasteiger partial charge is 0.271 e. The monoisotopic (exact) mass is 427 g/mol. The fourth-order valence-electron chi connectivity index (χ4n) is 4.19. The molecule has 1 aromatic heterocycles. The second kappa shape index (κ2) is 8.46. The van der Waals surface area contributed by atoms with Gasteiger partial charge in [0.05, 0.1) is 29.3 Å². The topological polar surface area (TPSA) is 113 Å². The molecule has 1 aromatic carbocycles. The number of benzene rings is 1. The SMILES string of the molecule is Cc1noc(C)c1CC(=O)N1CCN(CC(=O)N2CCc3ccc([N+](=O)[O-])cc32)CC1. The number of nitro benzene ring substituents is 1. The van der Waals surface area contributed by atoms with Crippen LogP contribution in [0, 0.1) is 24.0 Å². The van der Waals surface area contributed by atoms with Crippen molar-refractivity contribution in [1.82, 2.24) is 15.0 Å². The van der Waals surface area contributed by atoms with E-state index in [1.54, 1.807) is 22.8 Å². The van der Waals surface area contributed by atoms with Crippen molar-refractivity contribution >= 4 is 23.2 Å². The van der Waals surface area contributed by atoms with Crippen LogP contribution in [0.2, 0.25) is 0 Å². The third kappa shape index (κ3) is 4.29. The van der Waals surface area contributed by atoms with E-state index in [0.717, 1.165) is 16.8 Å². The number of piperazine rings is 1. The summed E-state index contributed by atoms with van der Waals surface area (Å²) in [6.07, 6.45) is 0.965. The van der Waals surface area contributed by atoms with Gasteiger partial charge >= 0.3 is 0 Å². The molecule has 1 saturated heterocycles. The fourth-order valence-corrected chi connectivity index (χ4v) is 4.19. The average molecular weight is 427 g/mol. The third-order valence-electron chi connectivity index (χ3n) is 6.07. The number of aromatic nitrogens is 1. The molecule has 2 aromatic rings. The van der Waals surface area contributed by atoms with E-state index in [9.17, 15) is 19.7 Å². The summed E-state index contributed by atoms with van der Waals surface area (Å²) in [4.78, 5) is 41.6. The lowest BCUT2D eigenvalue weighted by atomic mass is 10.1. The zero-order chi connectivity index (χ0) is 22.1. The summed E-state index contributed by atoms with van der Waals surface area (Å²) >= 11 is 0. The van der Waals surface area contributed by atoms with Crippen LogP contribution in [-0.2, 0) is 22.4 Å². The minimum absolute atomic E-state index is 0.0103. The first-order valence-electron chi connectivity index (χ1n) is 10.3. The average Bonchev–Trinajstić information content (AvgIpc) is 3.32. The zero-order valence-electron chi connectivity index (χ0n) is 17.7. The molecule has 2 aliphatic heterocycles. The van der Waals surface area contributed by atoms with Crippen LogP contribution in [0.5, 0.6) is 0 Å². The molecule has 1 fully saturated rings. The van der Waals surface area contributed by atoms with Crippen LogP contribution in [0.4, 0.5) is 11.4 Å². The lowest BCUT2D eigenvalue weighted by Gasteiger charge is -2.35. The summed E-state index contributed by atoms with van der Waals surface area (Å²) in [5.41, 5.74) is 3.15. The van der Waals surface area contributed by atoms with Crippen LogP contribution in [0.1, 0.15) is 22.6 Å². The van der Waals surface area contributed by atoms with Crippen LogP contribution in [0.3, 0.4) is 0 Å². The van der Waals surface area contributed by atoms with E-state index in [2.05, 4.69) is 5.16 Å². The Balaban J connectivity index is 1.32. The van der Waals surface area contributed by atoms with Crippen LogP contribution >= 0.6 is 0 Å². The maximum Gasteiger partial charge on any atom is 0.271 e. The maximum absolute atomic E-state index is 12.9. The van der Waals surface area contributed by atoms with E-state index >= 15 is 0 Å². The number of anilines is 1. The number of non-ortho nitro benzene ring substituents is 1. The van der Waals surface area contributed by atoms with Crippen molar-refractivity contribution < 1.29 is 19.0 Å². The largest absolute Gasteiger partial charge is 0.361 e. The van der Waals surface area contributed by atoms with E-state index in [-0.39, 0.29) is 30.5 Å². The van der Waals surface area contributed by atoms with Crippen LogP contribution < -0.4 is 4.90 Å². The molecular weight excluding hydrogens is 402 g/mol. The third-order valence-corrected chi connectivity index (χ3v) is 6.07. The number of hydrogen-bond donors (Lipinski definition) is 0. The first-order chi connectivity index (χ1) is 14.8. The Morgan fingerprint density at radius 1 is 1.13 bits per heavy atom. The number of carbonyl (C=O) groups is 2. The molecule has 3 heterocycles. The second-order valence-corrected chi connectivity index (χ2v) is 8.00. The molecule has 0 spiro atoms. The van der Waals surface area contributed by atoms with Gasteiger partial charge in [-0.15, -0.1) is 0 Å². The van der Waals surface area contributed by atoms with Crippen LogP contribution in [0.15, 0.2) is 22.7 Å². The summed E-state index contributed by atoms with van der Waals surface area (Å²) in [7, 11) is 0. The highest BCUT2D eigenvalue weighted by Gasteiger charge is 2.29. The molecule has 2 amide bonds. The molecule has 4 rings (SSSR count). The van der Waals surface area contributed by atoms with E-state index in [0.29, 0.717) is 50.6 Å². The Morgan fingerprint density at radius 3 is 2.52 bits per heavy atom. The number of fused-ring (bicyclic) bond motifs is 1. The molecule has 0 unspecified atom stereocenters. The molecule has 0 bridgehead atoms. The van der Waals surface area contributed by atoms with Gasteiger partial charge < -0.3 is 14.3 Å². The molecule has 0 atom stereocenters. The molecule has 10 nitrogen and oxygen atoms in total. The van der Waals surface area contributed by atoms with Crippen molar-refractivity contribution in [2.75, 3.05) is 44.2 Å². The highest BCUT2D eigenvalue weighted by atomic mass is 16.6. The van der Waals surface area contributed by atoms with Gasteiger partial charge in [0.15, 0.2) is 0 Å². The highest BCUT2D eigenvalue weighted by molar-refractivity contribution is 5.97. The van der Waals surface area contributed by atoms with E-state index in [1.165, 1.54) is 12.1 Å². The van der Waals surface area contributed by atoms with Crippen molar-refractivity contribution in [1.29, 1.82) is 0 Å². The van der Waals surface area contributed by atoms with Gasteiger partial charge in [-0.1, -0.05) is 11.2 Å². The number of carbonyl (C=O) groups excluding carboxylic acids is 2. The molecule has 0 saturated carbocycles. The Kier molecular flexibility index (Phi) is 5.73. The standard InChI is InChI=1S/C21H25N5O5/c1-14-18(15(2)31-22-14)12-20(27)24-9-7-23(8-10-24)13-21(28)25-6-5-16-3-4-17(26(29)30)11-19(16)25/h3-4,11H,5-10,12-13H2,1-2H3. The first kappa shape index (κ1) is 21.0. The molecular formula is C21H25N5O5. The maximum atomic E-state index is 12.9. The van der Waals surface area contributed by atoms with Crippen molar-refractivity contribution in [3.8, 4) is 0 Å². The summed E-state index contributed by atoms with van der Waals surface area (Å²) < 4.78 is 5.13. The van der Waals surface area contributed by atoms with Crippen molar-refractivity contribution in [3.05, 3.63) is 50.9 Å². The normalized spacial score (nSPS) is 16.5. The molecule has 10 heteroatoms. The van der Waals surface area contributed by atoms with Crippen molar-refractivity contribution in [3.63, 3.8) is 0 Å². The van der Waals surface area contributed by atoms with Gasteiger partial charge in [-0.2, -0.15) is 0 Å². The van der Waals surface area contributed by atoms with E-state index in [1.807, 2.05) is 11.8 Å². The van der Waals surface area contributed by atoms with Gasteiger partial charge in [0.25, 0.3) is 5.69 Å². The predicted molar refractivity (Wildman–Crippen MR) is 112 cm³/mol. The lowest BCUT2D eigenvalue weighted by molar-refractivity contribution is -0.384. The minimum atomic E-state index is -0.444. The number of nitro groups is 1. The van der Waals surface area contributed by atoms with Gasteiger partial charge in [-0.25, -0.2) is 0 Å². The van der Waals surface area contributed by atoms with Gasteiger partial charge in [0, 0.05) is 50.4 Å². The van der Waals surface area contributed by atoms with E-state index in [4.69, 9.17) is 4.52 Å². The predicted octanol–water partition coefficient (Wildman–Crippen LogP) is 1.48. The Morgan fingerprint density at radius 2 is 1.87 bits per heavy atom. The summed E-state index contributed by atoms with van der Waals surface area (Å²) in [5.74, 6) is 0.622. The number of aryl methyl sites for hydroxylation is 2. The number of rotatable bonds is 5. The quantitative estimate of drug-likeness (QED) is 0.524. The molecule has 31 heavy (non-hydrogen) atoms. The molecule has 2 aliphatic rings. The Hall–Kier alpha value is -3.27. The summed E-state index contributed by atoms with van der Waals surface area (Å²) in [6.45, 7) is 6.71. The lowest BCUT2D eigenvalue weighted by Crippen LogP contribution is -2.51. The second-order valence-electron chi connectivity index (χ2n) is 8.00. The first-order valence-corrected chi connectivity index (χ1v) is 10.3. The minimum Gasteiger partial charge on any atom is -0.361 e. The Labute approximate surface area is 179 Å². The van der Waals surface area contributed by atoms with Crippen molar-refractivity contribution in [2.45, 2.75) is 26.7 Å². The molecule has 0 N–H and O–H groups in total. The Bertz CT molecular complexity index is 1010. The van der Waals surface area contributed by atoms with Crippen LogP contribution in [0.25, 0.3) is 0 Å². The fraction of sp³-hybridized carbons (Fsp3) is 0.476. The molecule has 0 radical (unpaired) electrons. The molecule has 164 valence electrons. The van der Waals surface area contributed by atoms with Gasteiger partial charge in [0.2, 0.25) is 11.8 Å². The van der Waals surface area contributed by atoms with E-state index < -0.39 is 4.92 Å². The zero-order valence-corrected chi connectivity index (χ0v) is 17.7. The van der Waals surface area contributed by atoms with Crippen molar-refractivity contribution in [2.24, 2.45) is 0 Å². The number of nitrogens with zero attached hydrogens (tertiary/aromatic N) is 5. The summed E-state index contributed by atoms with van der Waals surface area (Å²) in [6, 6.07) is 4.68. The van der Waals surface area contributed by atoms with Gasteiger partial charge in [-0.3, -0.25) is 24.6 Å². The number of hydrogen-bond acceptors (Lipinski definition) is 7. The summed E-state index contributed by atoms with van der Waals surface area (Å²) in [5, 5.41) is 15.0. The van der Waals surface area contributed by atoms with Gasteiger partial charge in [-0.05, 0) is 25.8 Å². The number of amides is 2. The molecule has 0 aliphatic carbocycles. The van der Waals surface area contributed by atoms with Crippen LogP contribution in [-0.4, -0.2) is 71.0 Å². The van der Waals surface area contributed by atoms with Gasteiger partial charge in [0.1, 0.15) is 5.76 Å². The highest BCUT2D eigenvalue weighted by Crippen LogP contribution is 2.31.